The highest BCUT2D eigenvalue weighted by molar-refractivity contribution is 5.85. The van der Waals surface area contributed by atoms with Gasteiger partial charge < -0.3 is 10.6 Å². The normalized spacial score (nSPS) is 12.7. The lowest BCUT2D eigenvalue weighted by molar-refractivity contribution is -0.120. The second kappa shape index (κ2) is 8.18. The number of amides is 1. The summed E-state index contributed by atoms with van der Waals surface area (Å²) in [6, 6.07) is 6.48. The second-order valence-corrected chi connectivity index (χ2v) is 4.94. The molecule has 19 heavy (non-hydrogen) atoms. The summed E-state index contributed by atoms with van der Waals surface area (Å²) >= 11 is 0. The Morgan fingerprint density at radius 2 is 2.00 bits per heavy atom. The average Bonchev–Trinajstić information content (AvgIpc) is 2.82. The van der Waals surface area contributed by atoms with Crippen LogP contribution in [-0.2, 0) is 24.1 Å². The molecule has 2 rings (SSSR count). The number of nitrogens with one attached hydrogen (secondary N) is 2. The lowest BCUT2D eigenvalue weighted by Crippen LogP contribution is -2.27. The van der Waals surface area contributed by atoms with Gasteiger partial charge in [-0.1, -0.05) is 18.2 Å². The zero-order valence-electron chi connectivity index (χ0n) is 11.5. The molecule has 3 nitrogen and oxygen atoms in total. The molecule has 0 radical (unpaired) electrons. The molecule has 0 saturated carbocycles. The Balaban J connectivity index is 0.00000180. The molecule has 1 aromatic rings. The van der Waals surface area contributed by atoms with Crippen LogP contribution in [0.3, 0.4) is 0 Å². The molecule has 0 bridgehead atoms. The standard InChI is InChI=1S/C15H22N2O.ClH/c1-16-8-3-9-17-15(18)11-12-6-7-13-4-2-5-14(13)10-12;/h6-7,10,16H,2-5,8-9,11H2,1H3,(H,17,18);1H. The molecule has 2 N–H and O–H groups in total. The van der Waals surface area contributed by atoms with Crippen LogP contribution in [-0.4, -0.2) is 26.0 Å². The third-order valence-corrected chi connectivity index (χ3v) is 3.45. The van der Waals surface area contributed by atoms with Crippen LogP contribution >= 0.6 is 12.4 Å². The first kappa shape index (κ1) is 16.0. The number of carbonyl (C=O) groups excluding carboxylic acids is 1. The number of hydrogen-bond acceptors (Lipinski definition) is 2. The maximum atomic E-state index is 11.7. The lowest BCUT2D eigenvalue weighted by atomic mass is 10.0. The molecule has 1 amide bonds. The van der Waals surface area contributed by atoms with Crippen molar-refractivity contribution in [2.75, 3.05) is 20.1 Å². The van der Waals surface area contributed by atoms with E-state index in [4.69, 9.17) is 0 Å². The number of aryl methyl sites for hydroxylation is 2. The second-order valence-electron chi connectivity index (χ2n) is 4.94. The van der Waals surface area contributed by atoms with Gasteiger partial charge in [-0.2, -0.15) is 0 Å². The minimum atomic E-state index is 0. The van der Waals surface area contributed by atoms with Crippen molar-refractivity contribution in [1.29, 1.82) is 0 Å². The number of carbonyl (C=O) groups is 1. The van der Waals surface area contributed by atoms with E-state index in [0.717, 1.165) is 25.1 Å². The van der Waals surface area contributed by atoms with Gasteiger partial charge in [-0.15, -0.1) is 12.4 Å². The van der Waals surface area contributed by atoms with Crippen molar-refractivity contribution in [2.24, 2.45) is 0 Å². The van der Waals surface area contributed by atoms with Crippen LogP contribution in [0.4, 0.5) is 0 Å². The first-order valence-electron chi connectivity index (χ1n) is 6.81. The van der Waals surface area contributed by atoms with Crippen LogP contribution in [0.1, 0.15) is 29.5 Å². The quantitative estimate of drug-likeness (QED) is 0.782. The number of hydrogen-bond donors (Lipinski definition) is 2. The molecule has 0 aromatic heterocycles. The van der Waals surface area contributed by atoms with E-state index in [1.54, 1.807) is 0 Å². The van der Waals surface area contributed by atoms with Gasteiger partial charge in [0.05, 0.1) is 6.42 Å². The Kier molecular flexibility index (Phi) is 6.89. The summed E-state index contributed by atoms with van der Waals surface area (Å²) in [4.78, 5) is 11.7. The molecule has 0 atom stereocenters. The fourth-order valence-corrected chi connectivity index (χ4v) is 2.48. The molecule has 0 unspecified atom stereocenters. The number of rotatable bonds is 6. The van der Waals surface area contributed by atoms with Gasteiger partial charge in [-0.3, -0.25) is 4.79 Å². The largest absolute Gasteiger partial charge is 0.356 e. The molecule has 106 valence electrons. The Bertz CT molecular complexity index is 421. The van der Waals surface area contributed by atoms with Gasteiger partial charge in [-0.05, 0) is 56.0 Å². The fourth-order valence-electron chi connectivity index (χ4n) is 2.48. The Morgan fingerprint density at radius 1 is 1.21 bits per heavy atom. The van der Waals surface area contributed by atoms with Crippen LogP contribution in [0.5, 0.6) is 0 Å². The number of benzene rings is 1. The van der Waals surface area contributed by atoms with Crippen LogP contribution in [0.25, 0.3) is 0 Å². The number of halogens is 1. The molecule has 4 heteroatoms. The third-order valence-electron chi connectivity index (χ3n) is 3.45. The van der Waals surface area contributed by atoms with E-state index >= 15 is 0 Å². The summed E-state index contributed by atoms with van der Waals surface area (Å²) < 4.78 is 0. The van der Waals surface area contributed by atoms with Crippen molar-refractivity contribution in [3.63, 3.8) is 0 Å². The smallest absolute Gasteiger partial charge is 0.224 e. The average molecular weight is 283 g/mol. The first-order valence-corrected chi connectivity index (χ1v) is 6.81. The molecule has 0 aliphatic heterocycles. The summed E-state index contributed by atoms with van der Waals surface area (Å²) in [6.07, 6.45) is 5.12. The minimum absolute atomic E-state index is 0. The summed E-state index contributed by atoms with van der Waals surface area (Å²) in [5, 5.41) is 6.02. The molecule has 0 fully saturated rings. The van der Waals surface area contributed by atoms with Crippen LogP contribution in [0.2, 0.25) is 0 Å². The van der Waals surface area contributed by atoms with E-state index in [0.29, 0.717) is 6.42 Å². The van der Waals surface area contributed by atoms with Crippen molar-refractivity contribution < 1.29 is 4.79 Å². The van der Waals surface area contributed by atoms with E-state index in [9.17, 15) is 4.79 Å². The van der Waals surface area contributed by atoms with Crippen molar-refractivity contribution in [3.8, 4) is 0 Å². The SMILES string of the molecule is CNCCCNC(=O)Cc1ccc2c(c1)CCC2.Cl. The first-order chi connectivity index (χ1) is 8.79. The fraction of sp³-hybridized carbons (Fsp3) is 0.533. The van der Waals surface area contributed by atoms with Gasteiger partial charge in [-0.25, -0.2) is 0 Å². The highest BCUT2D eigenvalue weighted by Gasteiger charge is 2.11. The maximum absolute atomic E-state index is 11.7. The third kappa shape index (κ3) is 4.84. The van der Waals surface area contributed by atoms with E-state index in [2.05, 4.69) is 28.8 Å². The van der Waals surface area contributed by atoms with E-state index in [-0.39, 0.29) is 18.3 Å². The number of fused-ring (bicyclic) bond motifs is 1. The Labute approximate surface area is 121 Å². The molecular formula is C15H23ClN2O. The molecule has 1 aliphatic carbocycles. The molecule has 0 spiro atoms. The summed E-state index contributed by atoms with van der Waals surface area (Å²) in [5.41, 5.74) is 4.05. The zero-order valence-corrected chi connectivity index (χ0v) is 12.3. The molecular weight excluding hydrogens is 260 g/mol. The summed E-state index contributed by atoms with van der Waals surface area (Å²) in [6.45, 7) is 1.70. The monoisotopic (exact) mass is 282 g/mol. The van der Waals surface area contributed by atoms with Gasteiger partial charge in [0, 0.05) is 6.54 Å². The lowest BCUT2D eigenvalue weighted by Gasteiger charge is -2.07. The minimum Gasteiger partial charge on any atom is -0.356 e. The van der Waals surface area contributed by atoms with E-state index in [1.165, 1.54) is 30.4 Å². The predicted octanol–water partition coefficient (Wildman–Crippen LogP) is 1.87. The Hall–Kier alpha value is -1.06. The van der Waals surface area contributed by atoms with Crippen LogP contribution < -0.4 is 10.6 Å². The highest BCUT2D eigenvalue weighted by Crippen LogP contribution is 2.22. The van der Waals surface area contributed by atoms with Gasteiger partial charge >= 0.3 is 0 Å². The zero-order chi connectivity index (χ0) is 12.8. The highest BCUT2D eigenvalue weighted by atomic mass is 35.5. The van der Waals surface area contributed by atoms with Crippen molar-refractivity contribution >= 4 is 18.3 Å². The van der Waals surface area contributed by atoms with E-state index < -0.39 is 0 Å². The summed E-state index contributed by atoms with van der Waals surface area (Å²) in [5.74, 6) is 0.129. The van der Waals surface area contributed by atoms with Crippen molar-refractivity contribution in [3.05, 3.63) is 34.9 Å². The summed E-state index contributed by atoms with van der Waals surface area (Å²) in [7, 11) is 1.92. The van der Waals surface area contributed by atoms with Gasteiger partial charge in [0.15, 0.2) is 0 Å². The van der Waals surface area contributed by atoms with Gasteiger partial charge in [0.2, 0.25) is 5.91 Å². The molecule has 0 saturated heterocycles. The topological polar surface area (TPSA) is 41.1 Å². The van der Waals surface area contributed by atoms with Gasteiger partial charge in [0.1, 0.15) is 0 Å². The molecule has 1 aliphatic rings. The van der Waals surface area contributed by atoms with E-state index in [1.807, 2.05) is 7.05 Å². The van der Waals surface area contributed by atoms with Crippen LogP contribution in [0, 0.1) is 0 Å². The predicted molar refractivity (Wildman–Crippen MR) is 81.0 cm³/mol. The van der Waals surface area contributed by atoms with Crippen molar-refractivity contribution in [1.82, 2.24) is 10.6 Å². The van der Waals surface area contributed by atoms with Gasteiger partial charge in [0.25, 0.3) is 0 Å². The maximum Gasteiger partial charge on any atom is 0.224 e. The molecule has 0 heterocycles. The van der Waals surface area contributed by atoms with Crippen LogP contribution in [0.15, 0.2) is 18.2 Å². The van der Waals surface area contributed by atoms with Crippen molar-refractivity contribution in [2.45, 2.75) is 32.1 Å². The Morgan fingerprint density at radius 3 is 2.79 bits per heavy atom. The molecule has 1 aromatic carbocycles.